The minimum atomic E-state index is -4.43. The van der Waals surface area contributed by atoms with Crippen molar-refractivity contribution in [1.29, 1.82) is 0 Å². The minimum absolute atomic E-state index is 0.0485. The Hall–Kier alpha value is -3.03. The normalized spacial score (nSPS) is 19.8. The van der Waals surface area contributed by atoms with Gasteiger partial charge in [-0.25, -0.2) is 0 Å². The van der Waals surface area contributed by atoms with Gasteiger partial charge >= 0.3 is 6.18 Å². The smallest absolute Gasteiger partial charge is 0.368 e. The Balaban J connectivity index is 1.34. The number of anilines is 1. The number of likely N-dealkylation sites (tertiary alicyclic amines) is 1. The highest BCUT2D eigenvalue weighted by Crippen LogP contribution is 2.30. The van der Waals surface area contributed by atoms with Gasteiger partial charge < -0.3 is 14.7 Å². The van der Waals surface area contributed by atoms with Crippen molar-refractivity contribution in [2.45, 2.75) is 19.1 Å². The maximum absolute atomic E-state index is 13.0. The van der Waals surface area contributed by atoms with Gasteiger partial charge in [0.05, 0.1) is 11.5 Å². The summed E-state index contributed by atoms with van der Waals surface area (Å²) in [6, 6.07) is 15.0. The van der Waals surface area contributed by atoms with Gasteiger partial charge in [-0.2, -0.15) is 13.2 Å². The molecule has 0 saturated carbocycles. The molecule has 0 spiro atoms. The topological polar surface area (TPSA) is 43.9 Å². The van der Waals surface area contributed by atoms with Crippen LogP contribution in [0, 0.1) is 5.92 Å². The summed E-state index contributed by atoms with van der Waals surface area (Å²) < 4.78 is 38.8. The van der Waals surface area contributed by atoms with E-state index in [0.717, 1.165) is 30.9 Å². The zero-order valence-corrected chi connectivity index (χ0v) is 17.0. The Bertz CT molecular complexity index is 941. The quantitative estimate of drug-likeness (QED) is 0.746. The second kappa shape index (κ2) is 8.61. The van der Waals surface area contributed by atoms with Gasteiger partial charge in [-0.1, -0.05) is 30.3 Å². The van der Waals surface area contributed by atoms with Gasteiger partial charge in [0, 0.05) is 51.4 Å². The highest BCUT2D eigenvalue weighted by Gasteiger charge is 2.37. The molecule has 2 heterocycles. The summed E-state index contributed by atoms with van der Waals surface area (Å²) >= 11 is 0. The molecule has 8 heteroatoms. The third kappa shape index (κ3) is 4.84. The number of carbonyl (C=O) groups excluding carboxylic acids is 2. The molecular formula is C23H24F3N3O2. The van der Waals surface area contributed by atoms with Crippen LogP contribution in [0.4, 0.5) is 18.9 Å². The molecule has 4 rings (SSSR count). The van der Waals surface area contributed by atoms with Crippen molar-refractivity contribution >= 4 is 17.5 Å². The largest absolute Gasteiger partial charge is 0.416 e. The molecule has 0 aliphatic carbocycles. The summed E-state index contributed by atoms with van der Waals surface area (Å²) in [5.74, 6) is -0.687. The Morgan fingerprint density at radius 2 is 1.68 bits per heavy atom. The first-order chi connectivity index (χ1) is 14.8. The van der Waals surface area contributed by atoms with Crippen LogP contribution in [0.15, 0.2) is 54.6 Å². The van der Waals surface area contributed by atoms with E-state index >= 15 is 0 Å². The molecule has 164 valence electrons. The van der Waals surface area contributed by atoms with E-state index < -0.39 is 17.7 Å². The Morgan fingerprint density at radius 3 is 2.35 bits per heavy atom. The zero-order chi connectivity index (χ0) is 22.0. The van der Waals surface area contributed by atoms with Crippen LogP contribution in [0.25, 0.3) is 0 Å². The molecule has 2 aromatic carbocycles. The standard InChI is InChI=1S/C23H24F3N3O2/c24-23(25,26)19-6-4-5-17(13-19)15-29-16-18(14-21(29)30)22(31)28-11-9-27(10-12-28)20-7-2-1-3-8-20/h1-8,13,18H,9-12,14-16H2. The summed E-state index contributed by atoms with van der Waals surface area (Å²) in [5, 5.41) is 0. The van der Waals surface area contributed by atoms with Crippen molar-refractivity contribution in [1.82, 2.24) is 9.80 Å². The molecule has 2 aromatic rings. The summed E-state index contributed by atoms with van der Waals surface area (Å²) in [7, 11) is 0. The second-order valence-corrected chi connectivity index (χ2v) is 8.02. The molecular weight excluding hydrogens is 407 g/mol. The van der Waals surface area contributed by atoms with E-state index in [-0.39, 0.29) is 31.3 Å². The van der Waals surface area contributed by atoms with E-state index in [1.54, 1.807) is 11.0 Å². The van der Waals surface area contributed by atoms with Crippen molar-refractivity contribution in [2.75, 3.05) is 37.6 Å². The van der Waals surface area contributed by atoms with Crippen LogP contribution in [0.1, 0.15) is 17.5 Å². The van der Waals surface area contributed by atoms with Crippen molar-refractivity contribution in [2.24, 2.45) is 5.92 Å². The van der Waals surface area contributed by atoms with Crippen LogP contribution >= 0.6 is 0 Å². The molecule has 1 unspecified atom stereocenters. The number of rotatable bonds is 4. The highest BCUT2D eigenvalue weighted by atomic mass is 19.4. The summed E-state index contributed by atoms with van der Waals surface area (Å²) in [4.78, 5) is 30.9. The first kappa shape index (κ1) is 21.2. The molecule has 31 heavy (non-hydrogen) atoms. The number of benzene rings is 2. The van der Waals surface area contributed by atoms with Crippen LogP contribution in [0.3, 0.4) is 0 Å². The Kier molecular flexibility index (Phi) is 5.89. The number of nitrogens with zero attached hydrogens (tertiary/aromatic N) is 3. The fraction of sp³-hybridized carbons (Fsp3) is 0.391. The molecule has 2 aliphatic heterocycles. The average Bonchev–Trinajstić information content (AvgIpc) is 3.14. The third-order valence-corrected chi connectivity index (χ3v) is 5.90. The van der Waals surface area contributed by atoms with Crippen molar-refractivity contribution < 1.29 is 22.8 Å². The first-order valence-corrected chi connectivity index (χ1v) is 10.3. The molecule has 0 aromatic heterocycles. The molecule has 2 fully saturated rings. The SMILES string of the molecule is O=C1CC(C(=O)N2CCN(c3ccccc3)CC2)CN1Cc1cccc(C(F)(F)F)c1. The van der Waals surface area contributed by atoms with Gasteiger partial charge in [0.25, 0.3) is 0 Å². The lowest BCUT2D eigenvalue weighted by molar-refractivity contribution is -0.137. The predicted molar refractivity (Wildman–Crippen MR) is 110 cm³/mol. The molecule has 5 nitrogen and oxygen atoms in total. The number of amides is 2. The Morgan fingerprint density at radius 1 is 0.968 bits per heavy atom. The van der Waals surface area contributed by atoms with Crippen molar-refractivity contribution in [3.05, 3.63) is 65.7 Å². The van der Waals surface area contributed by atoms with Crippen LogP contribution in [-0.2, 0) is 22.3 Å². The maximum atomic E-state index is 13.0. The van der Waals surface area contributed by atoms with Gasteiger partial charge in [0.1, 0.15) is 0 Å². The van der Waals surface area contributed by atoms with Gasteiger partial charge in [-0.15, -0.1) is 0 Å². The number of hydrogen-bond donors (Lipinski definition) is 0. The monoisotopic (exact) mass is 431 g/mol. The van der Waals surface area contributed by atoms with Gasteiger partial charge in [0.2, 0.25) is 11.8 Å². The highest BCUT2D eigenvalue weighted by molar-refractivity contribution is 5.89. The molecule has 2 saturated heterocycles. The van der Waals surface area contributed by atoms with E-state index in [4.69, 9.17) is 0 Å². The van der Waals surface area contributed by atoms with Crippen LogP contribution < -0.4 is 4.90 Å². The molecule has 2 amide bonds. The second-order valence-electron chi connectivity index (χ2n) is 8.02. The van der Waals surface area contributed by atoms with Gasteiger partial charge in [-0.05, 0) is 29.8 Å². The Labute approximate surface area is 179 Å². The number of carbonyl (C=O) groups is 2. The van der Waals surface area contributed by atoms with E-state index in [0.29, 0.717) is 18.7 Å². The summed E-state index contributed by atoms with van der Waals surface area (Å²) in [6.45, 7) is 2.95. The van der Waals surface area contributed by atoms with Crippen LogP contribution in [-0.4, -0.2) is 54.3 Å². The van der Waals surface area contributed by atoms with Crippen LogP contribution in [0.5, 0.6) is 0 Å². The number of alkyl halides is 3. The minimum Gasteiger partial charge on any atom is -0.368 e. The van der Waals surface area contributed by atoms with E-state index in [1.165, 1.54) is 11.0 Å². The fourth-order valence-electron chi connectivity index (χ4n) is 4.24. The van der Waals surface area contributed by atoms with E-state index in [2.05, 4.69) is 4.90 Å². The number of hydrogen-bond acceptors (Lipinski definition) is 3. The number of piperazine rings is 1. The molecule has 2 aliphatic rings. The fourth-order valence-corrected chi connectivity index (χ4v) is 4.24. The lowest BCUT2D eigenvalue weighted by atomic mass is 10.1. The molecule has 0 bridgehead atoms. The maximum Gasteiger partial charge on any atom is 0.416 e. The zero-order valence-electron chi connectivity index (χ0n) is 17.0. The molecule has 0 N–H and O–H groups in total. The first-order valence-electron chi connectivity index (χ1n) is 10.3. The third-order valence-electron chi connectivity index (χ3n) is 5.90. The summed E-state index contributed by atoms with van der Waals surface area (Å²) in [5.41, 5.74) is 0.797. The number of para-hydroxylation sites is 1. The molecule has 0 radical (unpaired) electrons. The van der Waals surface area contributed by atoms with Crippen molar-refractivity contribution in [3.8, 4) is 0 Å². The van der Waals surface area contributed by atoms with Crippen LogP contribution in [0.2, 0.25) is 0 Å². The summed E-state index contributed by atoms with van der Waals surface area (Å²) in [6.07, 6.45) is -4.32. The predicted octanol–water partition coefficient (Wildman–Crippen LogP) is 3.40. The molecule has 1 atom stereocenters. The van der Waals surface area contributed by atoms with E-state index in [9.17, 15) is 22.8 Å². The average molecular weight is 431 g/mol. The lowest BCUT2D eigenvalue weighted by Gasteiger charge is -2.37. The van der Waals surface area contributed by atoms with E-state index in [1.807, 2.05) is 30.3 Å². The number of halogens is 3. The van der Waals surface area contributed by atoms with Crippen molar-refractivity contribution in [3.63, 3.8) is 0 Å². The van der Waals surface area contributed by atoms with Gasteiger partial charge in [-0.3, -0.25) is 9.59 Å². The lowest BCUT2D eigenvalue weighted by Crippen LogP contribution is -2.50. The van der Waals surface area contributed by atoms with Gasteiger partial charge in [0.15, 0.2) is 0 Å².